The van der Waals surface area contributed by atoms with Crippen molar-refractivity contribution in [2.24, 2.45) is 0 Å². The fourth-order valence-electron chi connectivity index (χ4n) is 3.25. The van der Waals surface area contributed by atoms with Crippen molar-refractivity contribution in [1.82, 2.24) is 13.9 Å². The van der Waals surface area contributed by atoms with E-state index in [1.54, 1.807) is 19.1 Å². The highest BCUT2D eigenvalue weighted by Gasteiger charge is 2.33. The second-order valence-electron chi connectivity index (χ2n) is 7.40. The van der Waals surface area contributed by atoms with Crippen molar-refractivity contribution in [2.75, 3.05) is 6.26 Å². The first-order chi connectivity index (χ1) is 15.3. The maximum absolute atomic E-state index is 13.4. The number of fused-ring (bicyclic) bond motifs is 1. The van der Waals surface area contributed by atoms with E-state index in [-0.39, 0.29) is 32.1 Å². The molecule has 0 amide bonds. The predicted octanol–water partition coefficient (Wildman–Crippen LogP) is 4.07. The summed E-state index contributed by atoms with van der Waals surface area (Å²) >= 11 is 0. The molecular formula is C21H16F3N3O4S2. The van der Waals surface area contributed by atoms with Crippen LogP contribution in [-0.4, -0.2) is 37.0 Å². The number of benzene rings is 1. The largest absolute Gasteiger partial charge is 0.417 e. The molecule has 0 unspecified atom stereocenters. The van der Waals surface area contributed by atoms with Crippen LogP contribution in [-0.2, 0) is 26.0 Å². The first-order valence-electron chi connectivity index (χ1n) is 9.35. The summed E-state index contributed by atoms with van der Waals surface area (Å²) in [5.41, 5.74) is -0.235. The molecule has 4 rings (SSSR count). The Hall–Kier alpha value is -3.25. The lowest BCUT2D eigenvalue weighted by molar-refractivity contribution is -0.137. The minimum absolute atomic E-state index is 0.0617. The van der Waals surface area contributed by atoms with Crippen LogP contribution in [0.5, 0.6) is 0 Å². The summed E-state index contributed by atoms with van der Waals surface area (Å²) in [6.45, 7) is 1.78. The van der Waals surface area contributed by atoms with Crippen molar-refractivity contribution in [2.45, 2.75) is 23.0 Å². The van der Waals surface area contributed by atoms with E-state index < -0.39 is 31.6 Å². The van der Waals surface area contributed by atoms with E-state index in [4.69, 9.17) is 0 Å². The van der Waals surface area contributed by atoms with Crippen LogP contribution < -0.4 is 0 Å². The Morgan fingerprint density at radius 2 is 1.61 bits per heavy atom. The molecule has 0 fully saturated rings. The molecule has 0 spiro atoms. The molecule has 0 aliphatic rings. The molecule has 0 aliphatic heterocycles. The summed E-state index contributed by atoms with van der Waals surface area (Å²) in [4.78, 5) is 7.50. The van der Waals surface area contributed by atoms with Gasteiger partial charge in [0.15, 0.2) is 20.5 Å². The van der Waals surface area contributed by atoms with Crippen LogP contribution in [0.4, 0.5) is 13.2 Å². The van der Waals surface area contributed by atoms with Crippen LogP contribution in [0.25, 0.3) is 22.2 Å². The lowest BCUT2D eigenvalue weighted by atomic mass is 10.1. The average molecular weight is 496 g/mol. The number of halogens is 3. The maximum atomic E-state index is 13.4. The summed E-state index contributed by atoms with van der Waals surface area (Å²) in [6.07, 6.45) is -0.902. The van der Waals surface area contributed by atoms with E-state index in [1.165, 1.54) is 30.5 Å². The molecule has 1 aromatic carbocycles. The molecule has 7 nitrogen and oxygen atoms in total. The number of pyridine rings is 2. The highest BCUT2D eigenvalue weighted by atomic mass is 32.2. The van der Waals surface area contributed by atoms with Gasteiger partial charge in [0.25, 0.3) is 10.0 Å². The molecule has 0 aliphatic carbocycles. The number of hydrogen-bond donors (Lipinski definition) is 0. The monoisotopic (exact) mass is 495 g/mol. The minimum atomic E-state index is -4.72. The zero-order valence-corrected chi connectivity index (χ0v) is 18.8. The normalized spacial score (nSPS) is 12.9. The van der Waals surface area contributed by atoms with Gasteiger partial charge in [-0.05, 0) is 42.8 Å². The molecule has 0 radical (unpaired) electrons. The molecule has 0 N–H and O–H groups in total. The van der Waals surface area contributed by atoms with Crippen molar-refractivity contribution in [3.05, 3.63) is 72.2 Å². The van der Waals surface area contributed by atoms with E-state index >= 15 is 0 Å². The highest BCUT2D eigenvalue weighted by Crippen LogP contribution is 2.37. The summed E-state index contributed by atoms with van der Waals surface area (Å²) < 4.78 is 91.3. The predicted molar refractivity (Wildman–Crippen MR) is 115 cm³/mol. The average Bonchev–Trinajstić information content (AvgIpc) is 3.13. The van der Waals surface area contributed by atoms with Crippen molar-refractivity contribution >= 4 is 30.9 Å². The van der Waals surface area contributed by atoms with Crippen molar-refractivity contribution < 1.29 is 30.0 Å². The van der Waals surface area contributed by atoms with Crippen molar-refractivity contribution in [3.63, 3.8) is 0 Å². The second-order valence-corrected chi connectivity index (χ2v) is 11.2. The fourth-order valence-corrected chi connectivity index (χ4v) is 5.17. The molecule has 3 aromatic heterocycles. The number of alkyl halides is 3. The molecule has 3 heterocycles. The topological polar surface area (TPSA) is 99.0 Å². The summed E-state index contributed by atoms with van der Waals surface area (Å²) in [5, 5.41) is -0.409. The third-order valence-corrected chi connectivity index (χ3v) is 7.59. The summed E-state index contributed by atoms with van der Waals surface area (Å²) in [5.74, 6) is 0. The van der Waals surface area contributed by atoms with Gasteiger partial charge in [0, 0.05) is 35.8 Å². The van der Waals surface area contributed by atoms with Crippen LogP contribution >= 0.6 is 0 Å². The molecule has 12 heteroatoms. The second kappa shape index (κ2) is 7.66. The van der Waals surface area contributed by atoms with Gasteiger partial charge < -0.3 is 0 Å². The van der Waals surface area contributed by atoms with Gasteiger partial charge in [-0.3, -0.25) is 0 Å². The van der Waals surface area contributed by atoms with Gasteiger partial charge in [0.2, 0.25) is 0 Å². The zero-order valence-electron chi connectivity index (χ0n) is 17.2. The third kappa shape index (κ3) is 4.23. The van der Waals surface area contributed by atoms with Crippen LogP contribution in [0.1, 0.15) is 11.1 Å². The van der Waals surface area contributed by atoms with E-state index in [2.05, 4.69) is 9.97 Å². The first-order valence-corrected chi connectivity index (χ1v) is 12.7. The van der Waals surface area contributed by atoms with Crippen LogP contribution in [0, 0.1) is 6.92 Å². The number of rotatable bonds is 4. The van der Waals surface area contributed by atoms with Crippen molar-refractivity contribution in [3.8, 4) is 11.1 Å². The number of sulfone groups is 1. The Balaban J connectivity index is 2.04. The quantitative estimate of drug-likeness (QED) is 0.423. The van der Waals surface area contributed by atoms with Gasteiger partial charge in [0.1, 0.15) is 0 Å². The molecule has 33 heavy (non-hydrogen) atoms. The molecule has 4 aromatic rings. The Labute approximate surface area is 187 Å². The van der Waals surface area contributed by atoms with E-state index in [0.29, 0.717) is 6.20 Å². The fraction of sp³-hybridized carbons (Fsp3) is 0.143. The third-order valence-electron chi connectivity index (χ3n) is 4.94. The standard InChI is InChI=1S/C21H16F3N3O4S2/c1-13-3-5-16(6-4-13)33(30,31)27-12-18(14-7-8-25-19(9-14)32(2,28)29)17-10-15(21(22,23)24)11-26-20(17)27/h3-12H,1-2H3. The zero-order chi connectivity index (χ0) is 24.2. The maximum Gasteiger partial charge on any atom is 0.417 e. The summed E-state index contributed by atoms with van der Waals surface area (Å²) in [7, 11) is -7.94. The molecule has 0 saturated carbocycles. The molecular weight excluding hydrogens is 479 g/mol. The van der Waals surface area contributed by atoms with Crippen LogP contribution in [0.15, 0.2) is 71.0 Å². The smallest absolute Gasteiger partial charge is 0.245 e. The van der Waals surface area contributed by atoms with E-state index in [9.17, 15) is 30.0 Å². The number of nitrogens with zero attached hydrogens (tertiary/aromatic N) is 3. The SMILES string of the molecule is Cc1ccc(S(=O)(=O)n2cc(-c3ccnc(S(C)(=O)=O)c3)c3cc(C(F)(F)F)cnc32)cc1. The van der Waals surface area contributed by atoms with Crippen LogP contribution in [0.2, 0.25) is 0 Å². The molecule has 172 valence electrons. The molecule has 0 atom stereocenters. The Bertz CT molecular complexity index is 1590. The van der Waals surface area contributed by atoms with Gasteiger partial charge in [-0.1, -0.05) is 17.7 Å². The number of aromatic nitrogens is 3. The van der Waals surface area contributed by atoms with E-state index in [1.807, 2.05) is 0 Å². The van der Waals surface area contributed by atoms with Crippen molar-refractivity contribution in [1.29, 1.82) is 0 Å². The van der Waals surface area contributed by atoms with Gasteiger partial charge in [-0.2, -0.15) is 13.2 Å². The number of hydrogen-bond acceptors (Lipinski definition) is 6. The van der Waals surface area contributed by atoms with E-state index in [0.717, 1.165) is 28.1 Å². The Morgan fingerprint density at radius 3 is 2.21 bits per heavy atom. The summed E-state index contributed by atoms with van der Waals surface area (Å²) in [6, 6.07) is 9.30. The van der Waals surface area contributed by atoms with Gasteiger partial charge >= 0.3 is 6.18 Å². The van der Waals surface area contributed by atoms with Gasteiger partial charge in [-0.25, -0.2) is 30.8 Å². The molecule has 0 bridgehead atoms. The number of aryl methyl sites for hydroxylation is 1. The van der Waals surface area contributed by atoms with Gasteiger partial charge in [0.05, 0.1) is 10.5 Å². The first kappa shape index (κ1) is 22.9. The van der Waals surface area contributed by atoms with Crippen LogP contribution in [0.3, 0.4) is 0 Å². The lowest BCUT2D eigenvalue weighted by Gasteiger charge is -2.09. The minimum Gasteiger partial charge on any atom is -0.245 e. The lowest BCUT2D eigenvalue weighted by Crippen LogP contribution is -2.13. The highest BCUT2D eigenvalue weighted by molar-refractivity contribution is 7.90. The molecule has 0 saturated heterocycles. The Morgan fingerprint density at radius 1 is 0.939 bits per heavy atom. The van der Waals surface area contributed by atoms with Gasteiger partial charge in [-0.15, -0.1) is 0 Å². The Kier molecular flexibility index (Phi) is 5.32.